The monoisotopic (exact) mass is 514 g/mol. The van der Waals surface area contributed by atoms with Crippen LogP contribution in [0, 0.1) is 35.5 Å². The number of hydrogen-bond acceptors (Lipinski definition) is 8. The maximum atomic E-state index is 13.1. The molecule has 0 radical (unpaired) electrons. The van der Waals surface area contributed by atoms with Gasteiger partial charge in [-0.25, -0.2) is 0 Å². The van der Waals surface area contributed by atoms with Crippen LogP contribution in [-0.4, -0.2) is 50.3 Å². The molecule has 210 valence electrons. The van der Waals surface area contributed by atoms with E-state index in [1.165, 1.54) is 0 Å². The number of hydrogen-bond donors (Lipinski definition) is 0. The molecule has 2 atom stereocenters. The van der Waals surface area contributed by atoms with Crippen LogP contribution >= 0.6 is 0 Å². The Balaban J connectivity index is 5.66. The van der Waals surface area contributed by atoms with Gasteiger partial charge < -0.3 is 18.9 Å². The van der Waals surface area contributed by atoms with Gasteiger partial charge in [-0.3, -0.25) is 19.2 Å². The third-order valence-electron chi connectivity index (χ3n) is 5.66. The molecule has 0 N–H and O–H groups in total. The van der Waals surface area contributed by atoms with Crippen molar-refractivity contribution in [3.05, 3.63) is 0 Å². The minimum absolute atomic E-state index is 0.156. The van der Waals surface area contributed by atoms with Crippen molar-refractivity contribution in [2.45, 2.75) is 93.9 Å². The lowest BCUT2D eigenvalue weighted by atomic mass is 9.86. The van der Waals surface area contributed by atoms with Gasteiger partial charge in [0.2, 0.25) is 0 Å². The molecule has 0 aliphatic heterocycles. The van der Waals surface area contributed by atoms with Crippen LogP contribution in [0.3, 0.4) is 0 Å². The Hall–Kier alpha value is -2.12. The first-order valence-electron chi connectivity index (χ1n) is 13.5. The second-order valence-corrected chi connectivity index (χ2v) is 11.1. The summed E-state index contributed by atoms with van der Waals surface area (Å²) in [5.41, 5.74) is 0. The average Bonchev–Trinajstić information content (AvgIpc) is 2.74. The van der Waals surface area contributed by atoms with Gasteiger partial charge in [-0.1, -0.05) is 55.4 Å². The molecule has 36 heavy (non-hydrogen) atoms. The number of esters is 4. The quantitative estimate of drug-likeness (QED) is 0.168. The number of rotatable bonds is 19. The highest BCUT2D eigenvalue weighted by atomic mass is 16.6. The molecule has 0 aromatic rings. The van der Waals surface area contributed by atoms with Crippen LogP contribution in [0.15, 0.2) is 0 Å². The summed E-state index contributed by atoms with van der Waals surface area (Å²) >= 11 is 0. The maximum Gasteiger partial charge on any atom is 0.310 e. The Morgan fingerprint density at radius 3 is 0.944 bits per heavy atom. The molecular weight excluding hydrogens is 464 g/mol. The summed E-state index contributed by atoms with van der Waals surface area (Å²) in [5, 5.41) is 0. The summed E-state index contributed by atoms with van der Waals surface area (Å²) < 4.78 is 21.4. The summed E-state index contributed by atoms with van der Waals surface area (Å²) in [6.45, 7) is 16.8. The lowest BCUT2D eigenvalue weighted by Gasteiger charge is -2.24. The fourth-order valence-electron chi connectivity index (χ4n) is 3.08. The molecule has 0 heterocycles. The predicted molar refractivity (Wildman–Crippen MR) is 138 cm³/mol. The second kappa shape index (κ2) is 19.1. The van der Waals surface area contributed by atoms with Gasteiger partial charge in [-0.05, 0) is 49.4 Å². The van der Waals surface area contributed by atoms with E-state index in [1.54, 1.807) is 0 Å². The SMILES string of the molecule is CC(C)CCOC(=O)CC(C(=O)OCCC(C)C)C(CC(=O)OCCC(C)C)C(=O)OCCC(C)C. The highest BCUT2D eigenvalue weighted by Crippen LogP contribution is 2.25. The smallest absolute Gasteiger partial charge is 0.310 e. The van der Waals surface area contributed by atoms with Gasteiger partial charge in [0.05, 0.1) is 51.1 Å². The van der Waals surface area contributed by atoms with Crippen molar-refractivity contribution in [3.63, 3.8) is 0 Å². The lowest BCUT2D eigenvalue weighted by Crippen LogP contribution is -2.37. The van der Waals surface area contributed by atoms with Crippen LogP contribution in [0.25, 0.3) is 0 Å². The Labute approximate surface area is 218 Å². The highest BCUT2D eigenvalue weighted by molar-refractivity contribution is 5.88. The largest absolute Gasteiger partial charge is 0.466 e. The molecule has 0 aliphatic rings. The summed E-state index contributed by atoms with van der Waals surface area (Å²) in [7, 11) is 0. The van der Waals surface area contributed by atoms with Gasteiger partial charge in [0.25, 0.3) is 0 Å². The summed E-state index contributed by atoms with van der Waals surface area (Å²) in [6.07, 6.45) is 1.88. The third-order valence-corrected chi connectivity index (χ3v) is 5.66. The average molecular weight is 515 g/mol. The Kier molecular flexibility index (Phi) is 17.9. The molecule has 0 aromatic carbocycles. The Bertz CT molecular complexity index is 598. The highest BCUT2D eigenvalue weighted by Gasteiger charge is 2.40. The molecule has 0 saturated heterocycles. The van der Waals surface area contributed by atoms with Crippen molar-refractivity contribution in [2.24, 2.45) is 35.5 Å². The Morgan fingerprint density at radius 2 is 0.694 bits per heavy atom. The molecular formula is C28H50O8. The van der Waals surface area contributed by atoms with Crippen molar-refractivity contribution in [2.75, 3.05) is 26.4 Å². The fraction of sp³-hybridized carbons (Fsp3) is 0.857. The van der Waals surface area contributed by atoms with Crippen LogP contribution in [-0.2, 0) is 38.1 Å². The van der Waals surface area contributed by atoms with Crippen LogP contribution in [0.1, 0.15) is 93.9 Å². The molecule has 0 spiro atoms. The van der Waals surface area contributed by atoms with Crippen LogP contribution < -0.4 is 0 Å². The van der Waals surface area contributed by atoms with E-state index in [0.717, 1.165) is 0 Å². The topological polar surface area (TPSA) is 105 Å². The zero-order valence-electron chi connectivity index (χ0n) is 23.8. The van der Waals surface area contributed by atoms with E-state index in [-0.39, 0.29) is 39.3 Å². The zero-order chi connectivity index (χ0) is 27.7. The van der Waals surface area contributed by atoms with Crippen molar-refractivity contribution in [3.8, 4) is 0 Å². The number of carbonyl (C=O) groups is 4. The normalized spacial score (nSPS) is 13.1. The van der Waals surface area contributed by atoms with E-state index in [4.69, 9.17) is 18.9 Å². The zero-order valence-corrected chi connectivity index (χ0v) is 23.8. The van der Waals surface area contributed by atoms with Crippen LogP contribution in [0.5, 0.6) is 0 Å². The lowest BCUT2D eigenvalue weighted by molar-refractivity contribution is -0.167. The minimum Gasteiger partial charge on any atom is -0.466 e. The van der Waals surface area contributed by atoms with Gasteiger partial charge in [-0.15, -0.1) is 0 Å². The molecule has 0 rings (SSSR count). The van der Waals surface area contributed by atoms with E-state index in [1.807, 2.05) is 55.4 Å². The number of ether oxygens (including phenoxy) is 4. The van der Waals surface area contributed by atoms with Gasteiger partial charge in [0.15, 0.2) is 0 Å². The first-order chi connectivity index (χ1) is 16.8. The molecule has 0 aromatic heterocycles. The van der Waals surface area contributed by atoms with E-state index in [0.29, 0.717) is 49.4 Å². The molecule has 2 unspecified atom stereocenters. The van der Waals surface area contributed by atoms with Gasteiger partial charge in [0, 0.05) is 0 Å². The molecule has 0 amide bonds. The summed E-state index contributed by atoms with van der Waals surface area (Å²) in [6, 6.07) is 0. The summed E-state index contributed by atoms with van der Waals surface area (Å²) in [5.74, 6) is -3.74. The summed E-state index contributed by atoms with van der Waals surface area (Å²) in [4.78, 5) is 51.3. The van der Waals surface area contributed by atoms with Crippen LogP contribution in [0.4, 0.5) is 0 Å². The van der Waals surface area contributed by atoms with E-state index in [9.17, 15) is 19.2 Å². The predicted octanol–water partition coefficient (Wildman–Crippen LogP) is 5.36. The Morgan fingerprint density at radius 1 is 0.444 bits per heavy atom. The second-order valence-electron chi connectivity index (χ2n) is 11.1. The molecule has 0 bridgehead atoms. The molecule has 0 fully saturated rings. The van der Waals surface area contributed by atoms with E-state index >= 15 is 0 Å². The third kappa shape index (κ3) is 17.3. The number of carbonyl (C=O) groups excluding carboxylic acids is 4. The molecule has 0 saturated carbocycles. The first kappa shape index (κ1) is 33.9. The van der Waals surface area contributed by atoms with Crippen LogP contribution in [0.2, 0.25) is 0 Å². The van der Waals surface area contributed by atoms with Gasteiger partial charge >= 0.3 is 23.9 Å². The maximum absolute atomic E-state index is 13.1. The van der Waals surface area contributed by atoms with Gasteiger partial charge in [0.1, 0.15) is 0 Å². The van der Waals surface area contributed by atoms with Crippen molar-refractivity contribution in [1.82, 2.24) is 0 Å². The minimum atomic E-state index is -1.20. The molecule has 0 aliphatic carbocycles. The fourth-order valence-corrected chi connectivity index (χ4v) is 3.08. The molecule has 8 heteroatoms. The van der Waals surface area contributed by atoms with Crippen molar-refractivity contribution in [1.29, 1.82) is 0 Å². The van der Waals surface area contributed by atoms with E-state index in [2.05, 4.69) is 0 Å². The standard InChI is InChI=1S/C28H50O8/c1-19(2)9-13-33-25(29)17-23(27(31)35-15-11-21(5)6)24(28(32)36-16-12-22(7)8)18-26(30)34-14-10-20(3)4/h19-24H,9-18H2,1-8H3. The van der Waals surface area contributed by atoms with Crippen molar-refractivity contribution < 1.29 is 38.1 Å². The molecule has 8 nitrogen and oxygen atoms in total. The first-order valence-corrected chi connectivity index (χ1v) is 13.5. The van der Waals surface area contributed by atoms with Crippen molar-refractivity contribution >= 4 is 23.9 Å². The van der Waals surface area contributed by atoms with Gasteiger partial charge in [-0.2, -0.15) is 0 Å². The van der Waals surface area contributed by atoms with E-state index < -0.39 is 35.7 Å².